The van der Waals surface area contributed by atoms with Crippen LogP contribution in [0.4, 0.5) is 0 Å². The van der Waals surface area contributed by atoms with Gasteiger partial charge in [0, 0.05) is 30.8 Å². The quantitative estimate of drug-likeness (QED) is 0.0654. The number of carbonyl (C=O) groups excluding carboxylic acids is 2. The van der Waals surface area contributed by atoms with E-state index in [-0.39, 0.29) is 54.0 Å². The second-order valence-electron chi connectivity index (χ2n) is 15.6. The summed E-state index contributed by atoms with van der Waals surface area (Å²) < 4.78 is 31.4. The van der Waals surface area contributed by atoms with Crippen molar-refractivity contribution < 1.29 is 21.8 Å². The third kappa shape index (κ3) is 11.3. The summed E-state index contributed by atoms with van der Waals surface area (Å²) in [7, 11) is 0. The number of ether oxygens (including phenoxy) is 2. The van der Waals surface area contributed by atoms with Crippen molar-refractivity contribution in [2.75, 3.05) is 26.2 Å². The van der Waals surface area contributed by atoms with Crippen LogP contribution in [0.5, 0.6) is 23.0 Å². The van der Waals surface area contributed by atoms with Crippen molar-refractivity contribution in [3.8, 4) is 45.5 Å². The molecular weight excluding hydrogens is 904 g/mol. The fourth-order valence-electron chi connectivity index (χ4n) is 8.01. The van der Waals surface area contributed by atoms with Gasteiger partial charge < -0.3 is 29.7 Å². The summed E-state index contributed by atoms with van der Waals surface area (Å²) >= 11 is 4.71. The molecule has 68 heavy (non-hydrogen) atoms. The average molecular weight is 956 g/mol. The lowest BCUT2D eigenvalue weighted by Gasteiger charge is -2.32. The zero-order valence-electron chi connectivity index (χ0n) is 38.8. The molecule has 2 atom stereocenters. The predicted molar refractivity (Wildman–Crippen MR) is 264 cm³/mol. The molecule has 2 fully saturated rings. The van der Waals surface area contributed by atoms with Gasteiger partial charge in [-0.1, -0.05) is 49.6 Å². The number of para-hydroxylation sites is 2. The third-order valence-corrected chi connectivity index (χ3v) is 11.4. The number of likely N-dealkylation sites (tertiary alicyclic amines) is 1. The fourth-order valence-corrected chi connectivity index (χ4v) is 8.01. The van der Waals surface area contributed by atoms with E-state index >= 15 is 0 Å². The molecule has 0 radical (unpaired) electrons. The van der Waals surface area contributed by atoms with Crippen molar-refractivity contribution in [3.05, 3.63) is 158 Å². The highest BCUT2D eigenvalue weighted by atomic mass is 35.5. The van der Waals surface area contributed by atoms with Crippen molar-refractivity contribution in [1.82, 2.24) is 49.7 Å². The molecule has 10 rings (SSSR count). The van der Waals surface area contributed by atoms with E-state index in [1.54, 1.807) is 9.58 Å². The number of H-pyrrole nitrogens is 2. The van der Waals surface area contributed by atoms with E-state index in [9.17, 15) is 9.59 Å². The number of nitrogens with zero attached hydrogens (tertiary/aromatic N) is 7. The molecule has 0 unspecified atom stereocenters. The zero-order chi connectivity index (χ0) is 48.4. The molecule has 4 aromatic carbocycles. The van der Waals surface area contributed by atoms with Gasteiger partial charge in [0.25, 0.3) is 0 Å². The average Bonchev–Trinajstić information content (AvgIpc) is 3.95. The van der Waals surface area contributed by atoms with Crippen LogP contribution in [0, 0.1) is 10.8 Å². The van der Waals surface area contributed by atoms with E-state index in [4.69, 9.17) is 44.8 Å². The largest absolute Gasteiger partial charge is 0.457 e. The van der Waals surface area contributed by atoms with E-state index in [0.717, 1.165) is 73.2 Å². The van der Waals surface area contributed by atoms with Crippen LogP contribution in [0.2, 0.25) is 0 Å². The first kappa shape index (κ1) is 45.5. The van der Waals surface area contributed by atoms with Gasteiger partial charge in [0.2, 0.25) is 11.1 Å². The molecule has 348 valence electrons. The number of rotatable bonds is 10. The highest BCUT2D eigenvalue weighted by Gasteiger charge is 2.28. The van der Waals surface area contributed by atoms with Gasteiger partial charge in [-0.2, -0.15) is 10.2 Å². The molecule has 2 saturated heterocycles. The van der Waals surface area contributed by atoms with Gasteiger partial charge in [-0.3, -0.25) is 20.4 Å². The summed E-state index contributed by atoms with van der Waals surface area (Å²) in [5.41, 5.74) is 4.25. The van der Waals surface area contributed by atoms with Gasteiger partial charge >= 0.3 is 0 Å². The normalized spacial score (nSPS) is 15.8. The van der Waals surface area contributed by atoms with Gasteiger partial charge in [0.1, 0.15) is 48.4 Å². The second-order valence-corrected chi connectivity index (χ2v) is 16.0. The molecule has 0 aliphatic carbocycles. The van der Waals surface area contributed by atoms with Crippen LogP contribution in [0.15, 0.2) is 147 Å². The standard InChI is InChI=1S/C25H24N6O2.C22H22N6O.C3H3ClO.ClH/c1-2-21(32)30-14-6-7-18(15-30)31-25-22(24(26)27-16-28-25)23(29-31)17-10-12-20(13-11-17)33-19-8-4-3-5-9-19;23-21-19-20(15-8-10-18(11-9-15)29-17-6-2-1-3-7-17)27-28(22(19)26-14-25-21)16-5-4-12-24-13-16;1-2-3(4)5;/h2-5,8-13,16,18H,1,6-7,14-15H2,(H2,26,27,28);1-3,6-11,14,16,24H,4-5,12-13H2,(H2,23,25,26);2H,1H2;1H/t18-;16-;;/m11../s1/i16D;14D;;. The Bertz CT molecular complexity index is 3230. The minimum absolute atomic E-state index is 0. The van der Waals surface area contributed by atoms with Gasteiger partial charge in [-0.25, -0.2) is 19.3 Å². The van der Waals surface area contributed by atoms with E-state index < -0.39 is 5.24 Å². The molecule has 0 bridgehead atoms. The second kappa shape index (κ2) is 22.7. The van der Waals surface area contributed by atoms with Gasteiger partial charge in [0.15, 0.2) is 11.0 Å². The highest BCUT2D eigenvalue weighted by Crippen LogP contribution is 2.33. The number of allylic oxidation sites excluding steroid dienone is 1. The molecule has 1 amide bonds. The molecular formula is C50H50Cl2N12O4. The van der Waals surface area contributed by atoms with E-state index in [2.05, 4.69) is 38.4 Å². The summed E-state index contributed by atoms with van der Waals surface area (Å²) in [6, 6.07) is 34.4. The number of carbonyl (C=O) groups is 2. The Labute approximate surface area is 405 Å². The van der Waals surface area contributed by atoms with Crippen molar-refractivity contribution in [2.24, 2.45) is 0 Å². The Morgan fingerprint density at radius 2 is 1.15 bits per heavy atom. The third-order valence-electron chi connectivity index (χ3n) is 11.2. The lowest BCUT2D eigenvalue weighted by Crippen LogP contribution is -2.40. The van der Waals surface area contributed by atoms with Crippen molar-refractivity contribution >= 4 is 57.2 Å². The molecule has 8 aromatic rings. The predicted octanol–water partition coefficient (Wildman–Crippen LogP) is 9.03. The van der Waals surface area contributed by atoms with Crippen molar-refractivity contribution in [2.45, 2.75) is 37.8 Å². The first-order valence-electron chi connectivity index (χ1n) is 22.7. The van der Waals surface area contributed by atoms with Crippen LogP contribution >= 0.6 is 24.0 Å². The Morgan fingerprint density at radius 1 is 0.691 bits per heavy atom. The van der Waals surface area contributed by atoms with Crippen LogP contribution in [0.1, 0.15) is 40.5 Å². The number of nitrogens with one attached hydrogen (secondary N) is 5. The molecule has 0 saturated carbocycles. The minimum Gasteiger partial charge on any atom is -0.457 e. The number of benzene rings is 4. The molecule has 2 aliphatic rings. The van der Waals surface area contributed by atoms with Crippen molar-refractivity contribution in [3.63, 3.8) is 0 Å². The van der Waals surface area contributed by atoms with Gasteiger partial charge in [-0.15, -0.1) is 12.4 Å². The summed E-state index contributed by atoms with van der Waals surface area (Å²) in [6.07, 6.45) is 5.97. The Morgan fingerprint density at radius 3 is 1.59 bits per heavy atom. The summed E-state index contributed by atoms with van der Waals surface area (Å²) in [5.74, 6) is 2.84. The van der Waals surface area contributed by atoms with Crippen LogP contribution in [0.25, 0.3) is 44.6 Å². The van der Waals surface area contributed by atoms with E-state index in [1.165, 1.54) is 6.08 Å². The SMILES string of the molecule is C=CC(=O)Cl.Cl.[2H]c1nc(=N)c2c(-c3ccc(Oc4ccccc4)cc3)nn([C@@H]3CCCN(C(=O)C=C)C3)c2[nH]1.[2H]c1nc(=N)c2c(-c3ccc(Oc4ccccc4)cc3)nn([C@@H]3CCCNC3)c2[nH]1. The first-order valence-corrected chi connectivity index (χ1v) is 22.1. The number of fused-ring (bicyclic) bond motifs is 2. The number of amides is 1. The lowest BCUT2D eigenvalue weighted by molar-refractivity contribution is -0.127. The Hall–Kier alpha value is -7.66. The number of piperidine rings is 2. The van der Waals surface area contributed by atoms with Gasteiger partial charge in [-0.05, 0) is 129 Å². The molecule has 16 nitrogen and oxygen atoms in total. The van der Waals surface area contributed by atoms with Gasteiger partial charge in [0.05, 0.1) is 35.5 Å². The molecule has 6 heterocycles. The Kier molecular flexibility index (Phi) is 15.2. The molecule has 0 spiro atoms. The lowest BCUT2D eigenvalue weighted by atomic mass is 10.1. The Balaban J connectivity index is 0.000000187. The van der Waals surface area contributed by atoms with Crippen LogP contribution in [0.3, 0.4) is 0 Å². The van der Waals surface area contributed by atoms with E-state index in [0.29, 0.717) is 52.3 Å². The molecule has 18 heteroatoms. The number of hydrogen-bond donors (Lipinski definition) is 5. The maximum absolute atomic E-state index is 12.2. The molecule has 5 N–H and O–H groups in total. The van der Waals surface area contributed by atoms with Crippen LogP contribution < -0.4 is 25.8 Å². The minimum atomic E-state index is -0.509. The summed E-state index contributed by atoms with van der Waals surface area (Å²) in [5, 5.41) is 30.6. The van der Waals surface area contributed by atoms with Crippen molar-refractivity contribution in [1.29, 1.82) is 10.8 Å². The smallest absolute Gasteiger partial charge is 0.246 e. The highest BCUT2D eigenvalue weighted by molar-refractivity contribution is 6.66. The first-order chi connectivity index (χ1) is 33.5. The summed E-state index contributed by atoms with van der Waals surface area (Å²) in [4.78, 5) is 37.4. The zero-order valence-corrected chi connectivity index (χ0v) is 38.4. The maximum atomic E-state index is 12.2. The number of aromatic amines is 2. The number of aromatic nitrogens is 8. The molecule has 4 aromatic heterocycles. The maximum Gasteiger partial charge on any atom is 0.246 e. The monoisotopic (exact) mass is 954 g/mol. The summed E-state index contributed by atoms with van der Waals surface area (Å²) in [6.45, 7) is 9.66. The van der Waals surface area contributed by atoms with Crippen LogP contribution in [-0.4, -0.2) is 81.7 Å². The van der Waals surface area contributed by atoms with Crippen LogP contribution in [-0.2, 0) is 9.59 Å². The topological polar surface area (TPSA) is 209 Å². The fraction of sp³-hybridized carbons (Fsp3) is 0.200. The molecule has 2 aliphatic heterocycles. The number of halogens is 2. The van der Waals surface area contributed by atoms with E-state index in [1.807, 2.05) is 114 Å². The number of hydrogen-bond acceptors (Lipinski definition) is 11.